The van der Waals surface area contributed by atoms with Gasteiger partial charge in [0.1, 0.15) is 23.9 Å². The van der Waals surface area contributed by atoms with Crippen molar-refractivity contribution in [2.75, 3.05) is 19.6 Å². The molecule has 3 heterocycles. The van der Waals surface area contributed by atoms with Crippen molar-refractivity contribution in [3.63, 3.8) is 0 Å². The summed E-state index contributed by atoms with van der Waals surface area (Å²) in [6, 6.07) is 11.1. The topological polar surface area (TPSA) is 80.7 Å². The molecule has 2 aromatic heterocycles. The van der Waals surface area contributed by atoms with Crippen LogP contribution in [0.1, 0.15) is 58.4 Å². The average molecular weight is 424 g/mol. The van der Waals surface area contributed by atoms with Crippen LogP contribution < -0.4 is 10.1 Å². The van der Waals surface area contributed by atoms with Crippen LogP contribution in [0.4, 0.5) is 0 Å². The van der Waals surface area contributed by atoms with E-state index in [9.17, 15) is 4.79 Å². The number of benzene rings is 1. The van der Waals surface area contributed by atoms with Gasteiger partial charge in [0.2, 0.25) is 0 Å². The first-order chi connectivity index (χ1) is 15.1. The Bertz CT molecular complexity index is 971. The highest BCUT2D eigenvalue weighted by molar-refractivity contribution is 5.94. The Hall–Kier alpha value is -3.06. The first-order valence-corrected chi connectivity index (χ1v) is 10.8. The van der Waals surface area contributed by atoms with Gasteiger partial charge in [0.15, 0.2) is 0 Å². The Labute approximate surface area is 182 Å². The highest BCUT2D eigenvalue weighted by Gasteiger charge is 2.25. The molecular formula is C24H29N3O4. The number of amides is 1. The summed E-state index contributed by atoms with van der Waals surface area (Å²) in [5.41, 5.74) is 2.30. The van der Waals surface area contributed by atoms with Gasteiger partial charge in [0.25, 0.3) is 5.91 Å². The zero-order valence-electron chi connectivity index (χ0n) is 18.1. The van der Waals surface area contributed by atoms with E-state index in [0.29, 0.717) is 24.5 Å². The molecule has 7 nitrogen and oxygen atoms in total. The number of ether oxygens (including phenoxy) is 1. The van der Waals surface area contributed by atoms with Gasteiger partial charge in [-0.25, -0.2) is 0 Å². The van der Waals surface area contributed by atoms with Crippen molar-refractivity contribution >= 4 is 5.91 Å². The maximum atomic E-state index is 12.9. The minimum absolute atomic E-state index is 0.0400. The summed E-state index contributed by atoms with van der Waals surface area (Å²) >= 11 is 0. The van der Waals surface area contributed by atoms with Crippen molar-refractivity contribution in [3.05, 3.63) is 71.0 Å². The number of carbonyl (C=O) groups is 1. The molecular weight excluding hydrogens is 394 g/mol. The molecule has 164 valence electrons. The van der Waals surface area contributed by atoms with Crippen LogP contribution in [0.3, 0.4) is 0 Å². The van der Waals surface area contributed by atoms with Crippen LogP contribution in [0.25, 0.3) is 0 Å². The zero-order chi connectivity index (χ0) is 21.6. The van der Waals surface area contributed by atoms with E-state index in [1.54, 1.807) is 18.4 Å². The van der Waals surface area contributed by atoms with Gasteiger partial charge in [-0.3, -0.25) is 9.69 Å². The summed E-state index contributed by atoms with van der Waals surface area (Å²) < 4.78 is 16.7. The summed E-state index contributed by atoms with van der Waals surface area (Å²) in [7, 11) is 0. The first-order valence-electron chi connectivity index (χ1n) is 10.8. The highest BCUT2D eigenvalue weighted by Crippen LogP contribution is 2.25. The fourth-order valence-electron chi connectivity index (χ4n) is 4.00. The molecule has 0 bridgehead atoms. The molecule has 0 radical (unpaired) electrons. The molecule has 0 aliphatic carbocycles. The lowest BCUT2D eigenvalue weighted by Crippen LogP contribution is -2.40. The molecule has 1 amide bonds. The Kier molecular flexibility index (Phi) is 6.72. The van der Waals surface area contributed by atoms with E-state index in [1.165, 1.54) is 19.3 Å². The van der Waals surface area contributed by atoms with Crippen molar-refractivity contribution in [1.29, 1.82) is 0 Å². The minimum Gasteiger partial charge on any atom is -0.489 e. The standard InChI is InChI=1S/C24H29N3O4/c1-17-21(18(2)31-26-17)16-30-20-9-6-8-19(14-20)24(28)25-15-22(23-10-7-13-29-23)27-11-4-3-5-12-27/h6-10,13-14,22H,3-5,11-12,15-16H2,1-2H3,(H,25,28). The molecule has 1 aromatic carbocycles. The molecule has 1 fully saturated rings. The van der Waals surface area contributed by atoms with E-state index in [1.807, 2.05) is 38.1 Å². The number of aryl methyl sites for hydroxylation is 2. The number of likely N-dealkylation sites (tertiary alicyclic amines) is 1. The van der Waals surface area contributed by atoms with E-state index in [-0.39, 0.29) is 11.9 Å². The number of carbonyl (C=O) groups excluding carboxylic acids is 1. The molecule has 1 unspecified atom stereocenters. The van der Waals surface area contributed by atoms with Gasteiger partial charge in [-0.1, -0.05) is 17.6 Å². The van der Waals surface area contributed by atoms with Gasteiger partial charge >= 0.3 is 0 Å². The van der Waals surface area contributed by atoms with Crippen LogP contribution in [0.2, 0.25) is 0 Å². The monoisotopic (exact) mass is 423 g/mol. The van der Waals surface area contributed by atoms with Crippen LogP contribution in [-0.2, 0) is 6.61 Å². The molecule has 7 heteroatoms. The second kappa shape index (κ2) is 9.83. The van der Waals surface area contributed by atoms with E-state index in [4.69, 9.17) is 13.7 Å². The number of hydrogen-bond acceptors (Lipinski definition) is 6. The van der Waals surface area contributed by atoms with Crippen LogP contribution in [0, 0.1) is 13.8 Å². The van der Waals surface area contributed by atoms with E-state index in [0.717, 1.165) is 35.9 Å². The third-order valence-electron chi connectivity index (χ3n) is 5.82. The molecule has 31 heavy (non-hydrogen) atoms. The number of aromatic nitrogens is 1. The third-order valence-corrected chi connectivity index (χ3v) is 5.82. The van der Waals surface area contributed by atoms with Crippen molar-refractivity contribution in [2.45, 2.75) is 45.8 Å². The van der Waals surface area contributed by atoms with E-state index < -0.39 is 0 Å². The van der Waals surface area contributed by atoms with Crippen molar-refractivity contribution in [1.82, 2.24) is 15.4 Å². The lowest BCUT2D eigenvalue weighted by molar-refractivity contribution is 0.0913. The quantitative estimate of drug-likeness (QED) is 0.578. The number of hydrogen-bond donors (Lipinski definition) is 1. The van der Waals surface area contributed by atoms with Crippen LogP contribution in [0.15, 0.2) is 51.6 Å². The Morgan fingerprint density at radius 3 is 2.74 bits per heavy atom. The molecule has 3 aromatic rings. The summed E-state index contributed by atoms with van der Waals surface area (Å²) in [4.78, 5) is 15.2. The molecule has 0 saturated carbocycles. The number of rotatable bonds is 8. The number of nitrogens with one attached hydrogen (secondary N) is 1. The number of nitrogens with zero attached hydrogens (tertiary/aromatic N) is 2. The Morgan fingerprint density at radius 1 is 1.19 bits per heavy atom. The second-order valence-electron chi connectivity index (χ2n) is 7.96. The van der Waals surface area contributed by atoms with Gasteiger partial charge in [-0.2, -0.15) is 0 Å². The zero-order valence-corrected chi connectivity index (χ0v) is 18.1. The van der Waals surface area contributed by atoms with Gasteiger partial charge in [0.05, 0.1) is 23.6 Å². The van der Waals surface area contributed by atoms with Gasteiger partial charge in [0, 0.05) is 12.1 Å². The lowest BCUT2D eigenvalue weighted by Gasteiger charge is -2.33. The van der Waals surface area contributed by atoms with Crippen molar-refractivity contribution in [3.8, 4) is 5.75 Å². The summed E-state index contributed by atoms with van der Waals surface area (Å²) in [5.74, 6) is 2.13. The minimum atomic E-state index is -0.128. The molecule has 1 atom stereocenters. The molecule has 1 aliphatic rings. The summed E-state index contributed by atoms with van der Waals surface area (Å²) in [6.45, 7) is 6.63. The predicted octanol–water partition coefficient (Wildman–Crippen LogP) is 4.42. The van der Waals surface area contributed by atoms with Crippen LogP contribution in [-0.4, -0.2) is 35.6 Å². The van der Waals surface area contributed by atoms with Gasteiger partial charge < -0.3 is 19.0 Å². The lowest BCUT2D eigenvalue weighted by atomic mass is 10.1. The first kappa shape index (κ1) is 21.2. The number of piperidine rings is 1. The normalized spacial score (nSPS) is 15.5. The molecule has 1 aliphatic heterocycles. The Balaban J connectivity index is 1.39. The fraction of sp³-hybridized carbons (Fsp3) is 0.417. The van der Waals surface area contributed by atoms with E-state index in [2.05, 4.69) is 15.4 Å². The maximum Gasteiger partial charge on any atom is 0.251 e. The summed E-state index contributed by atoms with van der Waals surface area (Å²) in [5, 5.41) is 7.02. The van der Waals surface area contributed by atoms with Crippen molar-refractivity contribution < 1.29 is 18.5 Å². The van der Waals surface area contributed by atoms with Crippen LogP contribution in [0.5, 0.6) is 5.75 Å². The predicted molar refractivity (Wildman–Crippen MR) is 116 cm³/mol. The Morgan fingerprint density at radius 2 is 2.03 bits per heavy atom. The SMILES string of the molecule is Cc1noc(C)c1COc1cccc(C(=O)NCC(c2ccco2)N2CCCCC2)c1. The van der Waals surface area contributed by atoms with Crippen molar-refractivity contribution in [2.24, 2.45) is 0 Å². The largest absolute Gasteiger partial charge is 0.489 e. The smallest absolute Gasteiger partial charge is 0.251 e. The van der Waals surface area contributed by atoms with Gasteiger partial charge in [-0.15, -0.1) is 0 Å². The number of furan rings is 1. The highest BCUT2D eigenvalue weighted by atomic mass is 16.5. The van der Waals surface area contributed by atoms with E-state index >= 15 is 0 Å². The molecule has 1 N–H and O–H groups in total. The molecule has 1 saturated heterocycles. The average Bonchev–Trinajstić information content (AvgIpc) is 3.44. The summed E-state index contributed by atoms with van der Waals surface area (Å²) in [6.07, 6.45) is 5.30. The maximum absolute atomic E-state index is 12.9. The molecule has 4 rings (SSSR count). The second-order valence-corrected chi connectivity index (χ2v) is 7.96. The van der Waals surface area contributed by atoms with Crippen LogP contribution >= 0.6 is 0 Å². The third kappa shape index (κ3) is 5.17. The van der Waals surface area contributed by atoms with Gasteiger partial charge in [-0.05, 0) is 70.1 Å². The fourth-order valence-corrected chi connectivity index (χ4v) is 4.00. The molecule has 0 spiro atoms.